The molecule has 0 saturated carbocycles. The number of hydrogen-bond donors (Lipinski definition) is 3. The molecule has 1 aromatic carbocycles. The van der Waals surface area contributed by atoms with Gasteiger partial charge in [-0.25, -0.2) is 22.5 Å². The van der Waals surface area contributed by atoms with Crippen LogP contribution >= 0.6 is 11.3 Å². The van der Waals surface area contributed by atoms with Gasteiger partial charge in [0.25, 0.3) is 0 Å². The van der Waals surface area contributed by atoms with Crippen LogP contribution in [0.5, 0.6) is 0 Å². The molecule has 6 nitrogen and oxygen atoms in total. The second-order valence-electron chi connectivity index (χ2n) is 5.08. The van der Waals surface area contributed by atoms with Crippen LogP contribution in [-0.2, 0) is 16.6 Å². The largest absolute Gasteiger partial charge is 0.357 e. The first-order valence-corrected chi connectivity index (χ1v) is 10.2. The second-order valence-corrected chi connectivity index (χ2v) is 8.02. The fourth-order valence-electron chi connectivity index (χ4n) is 1.96. The van der Waals surface area contributed by atoms with Crippen LogP contribution in [0.15, 0.2) is 51.0 Å². The lowest BCUT2D eigenvalue weighted by atomic mass is 10.2. The Morgan fingerprint density at radius 1 is 1.16 bits per heavy atom. The third kappa shape index (κ3) is 6.45. The topological polar surface area (TPSA) is 82.6 Å². The predicted molar refractivity (Wildman–Crippen MR) is 98.7 cm³/mol. The van der Waals surface area contributed by atoms with E-state index in [1.807, 2.05) is 6.92 Å². The van der Waals surface area contributed by atoms with Crippen molar-refractivity contribution in [3.63, 3.8) is 0 Å². The van der Waals surface area contributed by atoms with Crippen molar-refractivity contribution in [2.24, 2.45) is 4.99 Å². The number of thiophene rings is 1. The molecule has 0 aliphatic heterocycles. The number of nitrogens with zero attached hydrogens (tertiary/aromatic N) is 1. The molecule has 0 amide bonds. The summed E-state index contributed by atoms with van der Waals surface area (Å²) < 4.78 is 39.7. The predicted octanol–water partition coefficient (Wildman–Crippen LogP) is 1.92. The van der Waals surface area contributed by atoms with Gasteiger partial charge in [-0.15, -0.1) is 11.3 Å². The van der Waals surface area contributed by atoms with Crippen LogP contribution in [0.25, 0.3) is 0 Å². The van der Waals surface area contributed by atoms with Crippen LogP contribution in [0, 0.1) is 5.82 Å². The fraction of sp³-hybridized carbons (Fsp3) is 0.312. The maximum absolute atomic E-state index is 12.9. The summed E-state index contributed by atoms with van der Waals surface area (Å²) in [5.74, 6) is 0.290. The molecule has 0 aliphatic carbocycles. The first-order chi connectivity index (χ1) is 12.0. The second kappa shape index (κ2) is 9.50. The van der Waals surface area contributed by atoms with Crippen LogP contribution in [0.4, 0.5) is 4.39 Å². The molecule has 2 rings (SSSR count). The summed E-state index contributed by atoms with van der Waals surface area (Å²) in [7, 11) is -3.45. The summed E-state index contributed by atoms with van der Waals surface area (Å²) in [4.78, 5) is 4.39. The lowest BCUT2D eigenvalue weighted by molar-refractivity contribution is 0.582. The lowest BCUT2D eigenvalue weighted by Gasteiger charge is -2.11. The molecule has 0 fully saturated rings. The van der Waals surface area contributed by atoms with Gasteiger partial charge in [-0.05, 0) is 36.1 Å². The maximum atomic E-state index is 12.9. The van der Waals surface area contributed by atoms with Gasteiger partial charge in [-0.1, -0.05) is 18.2 Å². The van der Waals surface area contributed by atoms with Gasteiger partial charge in [0.15, 0.2) is 5.96 Å². The molecule has 136 valence electrons. The molecule has 3 N–H and O–H groups in total. The summed E-state index contributed by atoms with van der Waals surface area (Å²) in [5.41, 5.74) is 0.886. The Kier molecular flexibility index (Phi) is 7.35. The molecule has 0 atom stereocenters. The Hall–Kier alpha value is -1.97. The molecule has 0 unspecified atom stereocenters. The van der Waals surface area contributed by atoms with Crippen LogP contribution in [0.3, 0.4) is 0 Å². The number of aliphatic imine (C=N–C) groups is 1. The van der Waals surface area contributed by atoms with Crippen LogP contribution in [0.2, 0.25) is 0 Å². The van der Waals surface area contributed by atoms with Crippen LogP contribution in [0.1, 0.15) is 12.5 Å². The van der Waals surface area contributed by atoms with Crippen molar-refractivity contribution in [3.8, 4) is 0 Å². The zero-order valence-corrected chi connectivity index (χ0v) is 15.5. The molecule has 0 radical (unpaired) electrons. The van der Waals surface area contributed by atoms with E-state index in [0.717, 1.165) is 5.56 Å². The fourth-order valence-corrected chi connectivity index (χ4v) is 4.03. The smallest absolute Gasteiger partial charge is 0.250 e. The van der Waals surface area contributed by atoms with E-state index < -0.39 is 10.0 Å². The van der Waals surface area contributed by atoms with E-state index in [-0.39, 0.29) is 12.4 Å². The van der Waals surface area contributed by atoms with Crippen LogP contribution in [-0.4, -0.2) is 34.0 Å². The van der Waals surface area contributed by atoms with Gasteiger partial charge < -0.3 is 10.6 Å². The highest BCUT2D eigenvalue weighted by Gasteiger charge is 2.13. The lowest BCUT2D eigenvalue weighted by Crippen LogP contribution is -2.41. The Bertz CT molecular complexity index is 775. The zero-order valence-electron chi connectivity index (χ0n) is 13.8. The van der Waals surface area contributed by atoms with Crippen molar-refractivity contribution in [3.05, 3.63) is 53.2 Å². The Morgan fingerprint density at radius 3 is 2.56 bits per heavy atom. The molecule has 0 saturated heterocycles. The van der Waals surface area contributed by atoms with Gasteiger partial charge in [0.1, 0.15) is 10.0 Å². The number of sulfonamides is 1. The van der Waals surface area contributed by atoms with E-state index in [9.17, 15) is 12.8 Å². The van der Waals surface area contributed by atoms with E-state index in [2.05, 4.69) is 20.3 Å². The molecule has 2 aromatic rings. The van der Waals surface area contributed by atoms with Crippen molar-refractivity contribution in [2.45, 2.75) is 17.7 Å². The quantitative estimate of drug-likeness (QED) is 0.369. The maximum Gasteiger partial charge on any atom is 0.250 e. The van der Waals surface area contributed by atoms with E-state index in [1.165, 1.54) is 23.5 Å². The average molecular weight is 385 g/mol. The summed E-state index contributed by atoms with van der Waals surface area (Å²) in [6.45, 7) is 3.64. The first kappa shape index (κ1) is 19.4. The Labute approximate surface area is 151 Å². The summed E-state index contributed by atoms with van der Waals surface area (Å²) in [6.07, 6.45) is 0. The van der Waals surface area contributed by atoms with Gasteiger partial charge >= 0.3 is 0 Å². The molecule has 0 aliphatic rings. The van der Waals surface area contributed by atoms with Gasteiger partial charge in [0.2, 0.25) is 10.0 Å². The Balaban J connectivity index is 1.82. The number of halogens is 1. The summed E-state index contributed by atoms with van der Waals surface area (Å²) in [6, 6.07) is 9.40. The van der Waals surface area contributed by atoms with Gasteiger partial charge in [-0.2, -0.15) is 0 Å². The molecule has 1 heterocycles. The highest BCUT2D eigenvalue weighted by molar-refractivity contribution is 7.91. The zero-order chi connectivity index (χ0) is 18.1. The molecule has 0 bridgehead atoms. The number of rotatable bonds is 8. The van der Waals surface area contributed by atoms with Crippen molar-refractivity contribution in [2.75, 3.05) is 19.6 Å². The molecule has 1 aromatic heterocycles. The third-order valence-electron chi connectivity index (χ3n) is 3.15. The van der Waals surface area contributed by atoms with Gasteiger partial charge in [0.05, 0.1) is 6.54 Å². The highest BCUT2D eigenvalue weighted by Crippen LogP contribution is 2.14. The van der Waals surface area contributed by atoms with Gasteiger partial charge in [-0.3, -0.25) is 0 Å². The van der Waals surface area contributed by atoms with Gasteiger partial charge in [0, 0.05) is 19.6 Å². The third-order valence-corrected chi connectivity index (χ3v) is 6.01. The standard InChI is InChI=1S/C16H21FN4O2S2/c1-2-18-16(20-12-13-5-7-14(17)8-6-13)19-9-10-21-25(22,23)15-4-3-11-24-15/h3-8,11,21H,2,9-10,12H2,1H3,(H2,18,19,20). The van der Waals surface area contributed by atoms with E-state index in [0.29, 0.717) is 29.8 Å². The van der Waals surface area contributed by atoms with Crippen molar-refractivity contribution in [1.82, 2.24) is 15.4 Å². The average Bonchev–Trinajstić information content (AvgIpc) is 3.13. The molecule has 0 spiro atoms. The minimum atomic E-state index is -3.45. The number of guanidine groups is 1. The van der Waals surface area contributed by atoms with E-state index in [1.54, 1.807) is 29.6 Å². The monoisotopic (exact) mass is 384 g/mol. The van der Waals surface area contributed by atoms with Crippen LogP contribution < -0.4 is 15.4 Å². The molecule has 25 heavy (non-hydrogen) atoms. The molecular weight excluding hydrogens is 363 g/mol. The minimum Gasteiger partial charge on any atom is -0.357 e. The number of nitrogens with one attached hydrogen (secondary N) is 3. The highest BCUT2D eigenvalue weighted by atomic mass is 32.2. The Morgan fingerprint density at radius 2 is 1.92 bits per heavy atom. The first-order valence-electron chi connectivity index (χ1n) is 7.81. The van der Waals surface area contributed by atoms with Crippen molar-refractivity contribution >= 4 is 27.3 Å². The summed E-state index contributed by atoms with van der Waals surface area (Å²) in [5, 5.41) is 7.86. The normalized spacial score (nSPS) is 12.2. The minimum absolute atomic E-state index is 0.237. The van der Waals surface area contributed by atoms with Crippen molar-refractivity contribution < 1.29 is 12.8 Å². The van der Waals surface area contributed by atoms with Crippen molar-refractivity contribution in [1.29, 1.82) is 0 Å². The van der Waals surface area contributed by atoms with E-state index in [4.69, 9.17) is 0 Å². The molecule has 9 heteroatoms. The number of benzene rings is 1. The van der Waals surface area contributed by atoms with E-state index >= 15 is 0 Å². The molecular formula is C16H21FN4O2S2. The summed E-state index contributed by atoms with van der Waals surface area (Å²) >= 11 is 1.18. The SMILES string of the molecule is CCNC(=NCc1ccc(F)cc1)NCCNS(=O)(=O)c1cccs1. The number of hydrogen-bond acceptors (Lipinski definition) is 4.